The number of aromatic nitrogens is 2. The van der Waals surface area contributed by atoms with E-state index >= 15 is 0 Å². The van der Waals surface area contributed by atoms with E-state index in [1.807, 2.05) is 38.2 Å². The van der Waals surface area contributed by atoms with E-state index in [2.05, 4.69) is 16.5 Å². The Kier molecular flexibility index (Phi) is 5.07. The van der Waals surface area contributed by atoms with Gasteiger partial charge >= 0.3 is 0 Å². The highest BCUT2D eigenvalue weighted by Crippen LogP contribution is 2.24. The van der Waals surface area contributed by atoms with Crippen molar-refractivity contribution < 1.29 is 4.74 Å². The number of rotatable bonds is 6. The number of hydrogen-bond acceptors (Lipinski definition) is 2. The van der Waals surface area contributed by atoms with Crippen LogP contribution < -0.4 is 4.74 Å². The first-order valence-electron chi connectivity index (χ1n) is 7.01. The average molecular weight is 293 g/mol. The Hall–Kier alpha value is -1.48. The van der Waals surface area contributed by atoms with Crippen LogP contribution in [0.15, 0.2) is 24.4 Å². The molecular weight excluding hydrogens is 272 g/mol. The number of ether oxygens (including phenoxy) is 1. The zero-order valence-electron chi connectivity index (χ0n) is 12.3. The number of halogens is 1. The standard InChI is InChI=1S/C16H21ClN2O/c1-4-5-8-20-15-7-6-14(16(17)9-15)11-19-10-12(2)18-13(19)3/h6-7,9-10H,4-5,8,11H2,1-3H3. The summed E-state index contributed by atoms with van der Waals surface area (Å²) in [6, 6.07) is 5.90. The first-order valence-corrected chi connectivity index (χ1v) is 7.39. The number of benzene rings is 1. The third kappa shape index (κ3) is 3.76. The first-order chi connectivity index (χ1) is 9.60. The van der Waals surface area contributed by atoms with Gasteiger partial charge in [-0.15, -0.1) is 0 Å². The molecule has 0 amide bonds. The lowest BCUT2D eigenvalue weighted by atomic mass is 10.2. The van der Waals surface area contributed by atoms with E-state index in [4.69, 9.17) is 16.3 Å². The van der Waals surface area contributed by atoms with Crippen molar-refractivity contribution in [1.29, 1.82) is 0 Å². The summed E-state index contributed by atoms with van der Waals surface area (Å²) in [4.78, 5) is 4.40. The van der Waals surface area contributed by atoms with Crippen molar-refractivity contribution in [2.75, 3.05) is 6.61 Å². The molecule has 0 spiro atoms. The van der Waals surface area contributed by atoms with E-state index in [9.17, 15) is 0 Å². The molecule has 0 bridgehead atoms. The van der Waals surface area contributed by atoms with Crippen LogP contribution in [0.25, 0.3) is 0 Å². The average Bonchev–Trinajstić information content (AvgIpc) is 2.71. The smallest absolute Gasteiger partial charge is 0.120 e. The second-order valence-electron chi connectivity index (χ2n) is 5.01. The Morgan fingerprint density at radius 3 is 2.70 bits per heavy atom. The summed E-state index contributed by atoms with van der Waals surface area (Å²) in [5, 5.41) is 0.741. The van der Waals surface area contributed by atoms with E-state index in [1.165, 1.54) is 0 Å². The van der Waals surface area contributed by atoms with Gasteiger partial charge < -0.3 is 9.30 Å². The summed E-state index contributed by atoms with van der Waals surface area (Å²) in [5.74, 6) is 1.84. The first kappa shape index (κ1) is 14.9. The Morgan fingerprint density at radius 1 is 1.30 bits per heavy atom. The number of nitrogens with zero attached hydrogens (tertiary/aromatic N) is 2. The fourth-order valence-electron chi connectivity index (χ4n) is 2.09. The summed E-state index contributed by atoms with van der Waals surface area (Å²) in [6.45, 7) is 7.63. The summed E-state index contributed by atoms with van der Waals surface area (Å²) < 4.78 is 7.76. The molecule has 2 aromatic rings. The second-order valence-corrected chi connectivity index (χ2v) is 5.42. The minimum Gasteiger partial charge on any atom is -0.494 e. The van der Waals surface area contributed by atoms with Crippen LogP contribution in [0.5, 0.6) is 5.75 Å². The van der Waals surface area contributed by atoms with Gasteiger partial charge in [-0.3, -0.25) is 0 Å². The van der Waals surface area contributed by atoms with Crippen molar-refractivity contribution in [3.8, 4) is 5.75 Å². The molecule has 2 rings (SSSR count). The van der Waals surface area contributed by atoms with Crippen LogP contribution in [0, 0.1) is 13.8 Å². The molecule has 0 aliphatic carbocycles. The third-order valence-corrected chi connectivity index (χ3v) is 3.58. The molecule has 108 valence electrons. The fourth-order valence-corrected chi connectivity index (χ4v) is 2.32. The van der Waals surface area contributed by atoms with Crippen molar-refractivity contribution in [2.24, 2.45) is 0 Å². The molecule has 0 fully saturated rings. The van der Waals surface area contributed by atoms with Gasteiger partial charge in [0.25, 0.3) is 0 Å². The molecule has 4 heteroatoms. The predicted octanol–water partition coefficient (Wildman–Crippen LogP) is 4.38. The van der Waals surface area contributed by atoms with Gasteiger partial charge in [0.1, 0.15) is 11.6 Å². The van der Waals surface area contributed by atoms with Crippen LogP contribution in [-0.4, -0.2) is 16.2 Å². The number of hydrogen-bond donors (Lipinski definition) is 0. The maximum atomic E-state index is 6.34. The molecule has 0 saturated carbocycles. The van der Waals surface area contributed by atoms with Gasteiger partial charge in [-0.05, 0) is 38.0 Å². The fraction of sp³-hybridized carbons (Fsp3) is 0.438. The number of unbranched alkanes of at least 4 members (excludes halogenated alkanes) is 1. The minimum absolute atomic E-state index is 0.737. The molecule has 0 saturated heterocycles. The highest BCUT2D eigenvalue weighted by atomic mass is 35.5. The van der Waals surface area contributed by atoms with Crippen LogP contribution in [0.3, 0.4) is 0 Å². The molecule has 1 aromatic carbocycles. The summed E-state index contributed by atoms with van der Waals surface area (Å²) >= 11 is 6.34. The van der Waals surface area contributed by atoms with Gasteiger partial charge in [-0.2, -0.15) is 0 Å². The van der Waals surface area contributed by atoms with Crippen molar-refractivity contribution in [2.45, 2.75) is 40.2 Å². The minimum atomic E-state index is 0.737. The van der Waals surface area contributed by atoms with E-state index < -0.39 is 0 Å². The lowest BCUT2D eigenvalue weighted by Gasteiger charge is -2.10. The lowest BCUT2D eigenvalue weighted by Crippen LogP contribution is -2.02. The summed E-state index contributed by atoms with van der Waals surface area (Å²) in [6.07, 6.45) is 4.23. The normalized spacial score (nSPS) is 10.8. The van der Waals surface area contributed by atoms with Crippen molar-refractivity contribution in [3.63, 3.8) is 0 Å². The van der Waals surface area contributed by atoms with Gasteiger partial charge in [0.2, 0.25) is 0 Å². The zero-order chi connectivity index (χ0) is 14.5. The molecule has 20 heavy (non-hydrogen) atoms. The summed E-state index contributed by atoms with van der Waals surface area (Å²) in [5.41, 5.74) is 2.10. The van der Waals surface area contributed by atoms with E-state index in [0.29, 0.717) is 0 Å². The van der Waals surface area contributed by atoms with E-state index in [-0.39, 0.29) is 0 Å². The SMILES string of the molecule is CCCCOc1ccc(Cn2cc(C)nc2C)c(Cl)c1. The topological polar surface area (TPSA) is 27.1 Å². The molecule has 0 aliphatic heterocycles. The predicted molar refractivity (Wildman–Crippen MR) is 82.7 cm³/mol. The van der Waals surface area contributed by atoms with Gasteiger partial charge in [0, 0.05) is 11.2 Å². The quantitative estimate of drug-likeness (QED) is 0.739. The molecule has 0 unspecified atom stereocenters. The van der Waals surface area contributed by atoms with Gasteiger partial charge in [-0.1, -0.05) is 31.0 Å². The lowest BCUT2D eigenvalue weighted by molar-refractivity contribution is 0.309. The van der Waals surface area contributed by atoms with Crippen LogP contribution in [0.4, 0.5) is 0 Å². The van der Waals surface area contributed by atoms with Crippen LogP contribution in [0.2, 0.25) is 5.02 Å². The highest BCUT2D eigenvalue weighted by Gasteiger charge is 2.06. The molecule has 3 nitrogen and oxygen atoms in total. The largest absolute Gasteiger partial charge is 0.494 e. The van der Waals surface area contributed by atoms with E-state index in [0.717, 1.165) is 53.8 Å². The number of imidazole rings is 1. The highest BCUT2D eigenvalue weighted by molar-refractivity contribution is 6.31. The second kappa shape index (κ2) is 6.80. The molecule has 0 aliphatic rings. The Labute approximate surface area is 125 Å². The maximum Gasteiger partial charge on any atom is 0.120 e. The van der Waals surface area contributed by atoms with Gasteiger partial charge in [0.15, 0.2) is 0 Å². The molecule has 0 radical (unpaired) electrons. The Morgan fingerprint density at radius 2 is 2.10 bits per heavy atom. The Balaban J connectivity index is 2.07. The zero-order valence-corrected chi connectivity index (χ0v) is 13.1. The van der Waals surface area contributed by atoms with Crippen LogP contribution in [0.1, 0.15) is 36.8 Å². The van der Waals surface area contributed by atoms with Crippen molar-refractivity contribution in [1.82, 2.24) is 9.55 Å². The van der Waals surface area contributed by atoms with Crippen LogP contribution >= 0.6 is 11.6 Å². The maximum absolute atomic E-state index is 6.34. The molecule has 1 heterocycles. The van der Waals surface area contributed by atoms with Crippen LogP contribution in [-0.2, 0) is 6.54 Å². The van der Waals surface area contributed by atoms with E-state index in [1.54, 1.807) is 0 Å². The van der Waals surface area contributed by atoms with Crippen molar-refractivity contribution in [3.05, 3.63) is 46.5 Å². The molecule has 1 aromatic heterocycles. The summed E-state index contributed by atoms with van der Waals surface area (Å²) in [7, 11) is 0. The molecular formula is C16H21ClN2O. The number of aryl methyl sites for hydroxylation is 2. The molecule has 0 N–H and O–H groups in total. The monoisotopic (exact) mass is 292 g/mol. The van der Waals surface area contributed by atoms with Gasteiger partial charge in [0.05, 0.1) is 18.8 Å². The Bertz CT molecular complexity index is 578. The molecule has 0 atom stereocenters. The van der Waals surface area contributed by atoms with Crippen molar-refractivity contribution >= 4 is 11.6 Å². The van der Waals surface area contributed by atoms with Gasteiger partial charge in [-0.25, -0.2) is 4.98 Å². The third-order valence-electron chi connectivity index (χ3n) is 3.23.